The van der Waals surface area contributed by atoms with Crippen LogP contribution in [0.3, 0.4) is 0 Å². The minimum absolute atomic E-state index is 0.134. The number of hydrogen-bond donors (Lipinski definition) is 2. The third kappa shape index (κ3) is 2.30. The third-order valence-electron chi connectivity index (χ3n) is 4.93. The molecule has 1 atom stereocenters. The van der Waals surface area contributed by atoms with Crippen LogP contribution in [0.5, 0.6) is 0 Å². The van der Waals surface area contributed by atoms with E-state index in [-0.39, 0.29) is 11.3 Å². The highest BCUT2D eigenvalue weighted by Crippen LogP contribution is 2.39. The molecule has 23 heavy (non-hydrogen) atoms. The zero-order valence-electron chi connectivity index (χ0n) is 12.7. The zero-order chi connectivity index (χ0) is 15.9. The first-order chi connectivity index (χ1) is 11.2. The van der Waals surface area contributed by atoms with E-state index in [0.29, 0.717) is 5.56 Å². The first-order valence-electron chi connectivity index (χ1n) is 7.86. The van der Waals surface area contributed by atoms with Gasteiger partial charge in [0, 0.05) is 12.2 Å². The maximum atomic E-state index is 12.4. The number of benzene rings is 2. The van der Waals surface area contributed by atoms with Crippen molar-refractivity contribution < 1.29 is 4.79 Å². The highest BCUT2D eigenvalue weighted by atomic mass is 16.2. The maximum absolute atomic E-state index is 12.4. The van der Waals surface area contributed by atoms with Gasteiger partial charge >= 0.3 is 0 Å². The van der Waals surface area contributed by atoms with Crippen LogP contribution in [0, 0.1) is 16.7 Å². The monoisotopic (exact) mass is 303 g/mol. The van der Waals surface area contributed by atoms with Gasteiger partial charge < -0.3 is 10.6 Å². The Hall–Kier alpha value is -2.64. The molecule has 1 saturated heterocycles. The van der Waals surface area contributed by atoms with E-state index in [1.807, 2.05) is 30.3 Å². The second kappa shape index (κ2) is 5.22. The Morgan fingerprint density at radius 1 is 1.13 bits per heavy atom. The standard InChI is InChI=1S/C19H17N3O/c20-11-13-2-1-3-14(8-13)15-4-5-17-16(9-15)10-19(18(23)22-17)6-7-21-12-19/h1-5,8-9,21H,6-7,10,12H2,(H,22,23). The second-order valence-electron chi connectivity index (χ2n) is 6.40. The molecule has 4 heteroatoms. The number of nitrogens with one attached hydrogen (secondary N) is 2. The molecule has 1 fully saturated rings. The maximum Gasteiger partial charge on any atom is 0.232 e. The first-order valence-corrected chi connectivity index (χ1v) is 7.86. The number of amides is 1. The molecule has 0 aliphatic carbocycles. The summed E-state index contributed by atoms with van der Waals surface area (Å²) in [5, 5.41) is 15.4. The summed E-state index contributed by atoms with van der Waals surface area (Å²) in [5.74, 6) is 0.134. The molecule has 2 aliphatic heterocycles. The summed E-state index contributed by atoms with van der Waals surface area (Å²) in [6.07, 6.45) is 1.65. The van der Waals surface area contributed by atoms with Gasteiger partial charge in [0.05, 0.1) is 17.0 Å². The summed E-state index contributed by atoms with van der Waals surface area (Å²) in [5.41, 5.74) is 4.55. The fourth-order valence-electron chi connectivity index (χ4n) is 3.60. The molecule has 0 saturated carbocycles. The van der Waals surface area contributed by atoms with Crippen molar-refractivity contribution in [1.82, 2.24) is 5.32 Å². The molecule has 0 radical (unpaired) electrons. The molecule has 0 bridgehead atoms. The van der Waals surface area contributed by atoms with E-state index < -0.39 is 0 Å². The highest BCUT2D eigenvalue weighted by molar-refractivity contribution is 5.99. The largest absolute Gasteiger partial charge is 0.325 e. The van der Waals surface area contributed by atoms with Gasteiger partial charge in [-0.15, -0.1) is 0 Å². The molecule has 1 unspecified atom stereocenters. The molecule has 4 nitrogen and oxygen atoms in total. The van der Waals surface area contributed by atoms with Crippen LogP contribution in [0.1, 0.15) is 17.5 Å². The number of nitrogens with zero attached hydrogens (tertiary/aromatic N) is 1. The van der Waals surface area contributed by atoms with Crippen LogP contribution in [0.4, 0.5) is 5.69 Å². The highest BCUT2D eigenvalue weighted by Gasteiger charge is 2.44. The van der Waals surface area contributed by atoms with Crippen LogP contribution in [0.15, 0.2) is 42.5 Å². The number of anilines is 1. The average molecular weight is 303 g/mol. The van der Waals surface area contributed by atoms with Gasteiger partial charge in [-0.3, -0.25) is 4.79 Å². The summed E-state index contributed by atoms with van der Waals surface area (Å²) in [6.45, 7) is 1.64. The van der Waals surface area contributed by atoms with Crippen molar-refractivity contribution in [3.8, 4) is 17.2 Å². The molecule has 0 aromatic heterocycles. The van der Waals surface area contributed by atoms with Crippen molar-refractivity contribution in [2.75, 3.05) is 18.4 Å². The fraction of sp³-hybridized carbons (Fsp3) is 0.263. The third-order valence-corrected chi connectivity index (χ3v) is 4.93. The molecule has 1 spiro atoms. The molecule has 114 valence electrons. The van der Waals surface area contributed by atoms with E-state index >= 15 is 0 Å². The minimum atomic E-state index is -0.305. The Morgan fingerprint density at radius 2 is 2.00 bits per heavy atom. The van der Waals surface area contributed by atoms with Crippen molar-refractivity contribution >= 4 is 11.6 Å². The predicted octanol–water partition coefficient (Wildman–Crippen LogP) is 2.70. The lowest BCUT2D eigenvalue weighted by Crippen LogP contribution is -2.43. The van der Waals surface area contributed by atoms with E-state index in [0.717, 1.165) is 42.7 Å². The lowest BCUT2D eigenvalue weighted by molar-refractivity contribution is -0.125. The molecule has 2 aromatic rings. The Bertz CT molecular complexity index is 829. The lowest BCUT2D eigenvalue weighted by Gasteiger charge is -2.33. The van der Waals surface area contributed by atoms with E-state index in [9.17, 15) is 4.79 Å². The number of fused-ring (bicyclic) bond motifs is 1. The lowest BCUT2D eigenvalue weighted by atomic mass is 9.76. The van der Waals surface area contributed by atoms with Crippen molar-refractivity contribution in [2.24, 2.45) is 5.41 Å². The van der Waals surface area contributed by atoms with Gasteiger partial charge in [0.15, 0.2) is 0 Å². The van der Waals surface area contributed by atoms with E-state index in [1.54, 1.807) is 6.07 Å². The van der Waals surface area contributed by atoms with Gasteiger partial charge in [-0.05, 0) is 60.3 Å². The van der Waals surface area contributed by atoms with E-state index in [1.165, 1.54) is 5.56 Å². The number of hydrogen-bond acceptors (Lipinski definition) is 3. The summed E-state index contributed by atoms with van der Waals surface area (Å²) < 4.78 is 0. The van der Waals surface area contributed by atoms with Crippen LogP contribution >= 0.6 is 0 Å². The Labute approximate surface area is 135 Å². The molecule has 2 heterocycles. The van der Waals surface area contributed by atoms with Crippen LogP contribution in [-0.2, 0) is 11.2 Å². The molecule has 2 aromatic carbocycles. The first kappa shape index (κ1) is 14.0. The molecule has 2 N–H and O–H groups in total. The average Bonchev–Trinajstić information content (AvgIpc) is 3.05. The van der Waals surface area contributed by atoms with Gasteiger partial charge in [-0.2, -0.15) is 5.26 Å². The summed E-state index contributed by atoms with van der Waals surface area (Å²) in [7, 11) is 0. The van der Waals surface area contributed by atoms with E-state index in [2.05, 4.69) is 22.8 Å². The van der Waals surface area contributed by atoms with Crippen molar-refractivity contribution in [3.63, 3.8) is 0 Å². The minimum Gasteiger partial charge on any atom is -0.325 e. The Balaban J connectivity index is 1.74. The van der Waals surface area contributed by atoms with Gasteiger partial charge in [0.2, 0.25) is 5.91 Å². The Morgan fingerprint density at radius 3 is 2.78 bits per heavy atom. The van der Waals surface area contributed by atoms with Crippen molar-refractivity contribution in [1.29, 1.82) is 5.26 Å². The smallest absolute Gasteiger partial charge is 0.232 e. The number of carbonyl (C=O) groups excluding carboxylic acids is 1. The molecule has 4 rings (SSSR count). The summed E-state index contributed by atoms with van der Waals surface area (Å²) >= 11 is 0. The van der Waals surface area contributed by atoms with Gasteiger partial charge in [0.25, 0.3) is 0 Å². The summed E-state index contributed by atoms with van der Waals surface area (Å²) in [6, 6.07) is 15.9. The SMILES string of the molecule is N#Cc1cccc(-c2ccc3c(c2)CC2(CCNC2)C(=O)N3)c1. The normalized spacial score (nSPS) is 22.5. The predicted molar refractivity (Wildman–Crippen MR) is 88.8 cm³/mol. The second-order valence-corrected chi connectivity index (χ2v) is 6.40. The number of carbonyl (C=O) groups is 1. The molecular weight excluding hydrogens is 286 g/mol. The topological polar surface area (TPSA) is 64.9 Å². The van der Waals surface area contributed by atoms with Crippen LogP contribution in [0.25, 0.3) is 11.1 Å². The fourth-order valence-corrected chi connectivity index (χ4v) is 3.60. The van der Waals surface area contributed by atoms with Crippen molar-refractivity contribution in [3.05, 3.63) is 53.6 Å². The van der Waals surface area contributed by atoms with Gasteiger partial charge in [-0.25, -0.2) is 0 Å². The number of nitriles is 1. The van der Waals surface area contributed by atoms with Gasteiger partial charge in [-0.1, -0.05) is 18.2 Å². The van der Waals surface area contributed by atoms with Gasteiger partial charge in [0.1, 0.15) is 0 Å². The molecule has 2 aliphatic rings. The zero-order valence-corrected chi connectivity index (χ0v) is 12.7. The van der Waals surface area contributed by atoms with Crippen LogP contribution in [-0.4, -0.2) is 19.0 Å². The quantitative estimate of drug-likeness (QED) is 0.851. The number of rotatable bonds is 1. The van der Waals surface area contributed by atoms with Crippen LogP contribution in [0.2, 0.25) is 0 Å². The van der Waals surface area contributed by atoms with E-state index in [4.69, 9.17) is 5.26 Å². The molecule has 1 amide bonds. The summed E-state index contributed by atoms with van der Waals surface area (Å²) in [4.78, 5) is 12.4. The van der Waals surface area contributed by atoms with Crippen molar-refractivity contribution in [2.45, 2.75) is 12.8 Å². The molecular formula is C19H17N3O. The van der Waals surface area contributed by atoms with Crippen LogP contribution < -0.4 is 10.6 Å². The Kier molecular flexibility index (Phi) is 3.17.